The van der Waals surface area contributed by atoms with Gasteiger partial charge in [-0.15, -0.1) is 0 Å². The van der Waals surface area contributed by atoms with Crippen LogP contribution in [0.1, 0.15) is 82.8 Å². The number of benzene rings is 1. The molecule has 2 aliphatic rings. The number of amides is 2. The van der Waals surface area contributed by atoms with Gasteiger partial charge in [0.15, 0.2) is 0 Å². The largest absolute Gasteiger partial charge is 0.270 e. The molecule has 1 aromatic rings. The van der Waals surface area contributed by atoms with Crippen LogP contribution >= 0.6 is 0 Å². The normalized spacial score (nSPS) is 19.3. The van der Waals surface area contributed by atoms with Crippen LogP contribution in [0.4, 0.5) is 0 Å². The van der Waals surface area contributed by atoms with Gasteiger partial charge in [-0.2, -0.15) is 0 Å². The summed E-state index contributed by atoms with van der Waals surface area (Å²) in [6, 6.07) is 8.33. The molecule has 3 rings (SSSR count). The monoisotopic (exact) mass is 367 g/mol. The van der Waals surface area contributed by atoms with E-state index in [0.717, 1.165) is 55.2 Å². The molecular weight excluding hydrogens is 334 g/mol. The topological polar surface area (TPSA) is 37.4 Å². The summed E-state index contributed by atoms with van der Waals surface area (Å²) in [6.07, 6.45) is 10.6. The lowest BCUT2D eigenvalue weighted by Crippen LogP contribution is -2.34. The molecule has 1 atom stereocenters. The van der Waals surface area contributed by atoms with Crippen LogP contribution < -0.4 is 0 Å². The summed E-state index contributed by atoms with van der Waals surface area (Å²) in [4.78, 5) is 27.8. The predicted octanol–water partition coefficient (Wildman–Crippen LogP) is 5.58. The fraction of sp³-hybridized carbons (Fsp3) is 0.583. The number of carbonyl (C=O) groups excluding carboxylic acids is 2. The van der Waals surface area contributed by atoms with E-state index in [1.165, 1.54) is 36.1 Å². The Hall–Kier alpha value is -1.90. The number of carbonyl (C=O) groups is 2. The van der Waals surface area contributed by atoms with E-state index in [1.807, 2.05) is 6.07 Å². The fourth-order valence-corrected chi connectivity index (χ4v) is 4.52. The molecule has 0 aromatic heterocycles. The van der Waals surface area contributed by atoms with E-state index in [1.54, 1.807) is 0 Å². The Kier molecular flexibility index (Phi) is 6.87. The quantitative estimate of drug-likeness (QED) is 0.422. The second-order valence-corrected chi connectivity index (χ2v) is 8.06. The third-order valence-electron chi connectivity index (χ3n) is 6.06. The molecule has 0 spiro atoms. The van der Waals surface area contributed by atoms with Gasteiger partial charge in [0.25, 0.3) is 11.8 Å². The molecule has 0 saturated heterocycles. The number of imide groups is 1. The number of hydrogen-bond donors (Lipinski definition) is 0. The minimum Gasteiger partial charge on any atom is -0.270 e. The minimum absolute atomic E-state index is 0.0125. The zero-order chi connectivity index (χ0) is 19.2. The van der Waals surface area contributed by atoms with Gasteiger partial charge < -0.3 is 0 Å². The van der Waals surface area contributed by atoms with E-state index in [0.29, 0.717) is 6.54 Å². The number of nitrogens with zero attached hydrogens (tertiary/aromatic N) is 1. The zero-order valence-electron chi connectivity index (χ0n) is 16.9. The molecule has 2 amide bonds. The Labute approximate surface area is 163 Å². The first-order chi connectivity index (χ1) is 13.2. The third-order valence-corrected chi connectivity index (χ3v) is 6.06. The maximum Gasteiger partial charge on any atom is 0.257 e. The molecule has 2 aliphatic heterocycles. The van der Waals surface area contributed by atoms with Crippen molar-refractivity contribution >= 4 is 11.8 Å². The molecule has 0 saturated carbocycles. The first kappa shape index (κ1) is 19.9. The van der Waals surface area contributed by atoms with Gasteiger partial charge in [-0.1, -0.05) is 76.6 Å². The van der Waals surface area contributed by atoms with Gasteiger partial charge >= 0.3 is 0 Å². The van der Waals surface area contributed by atoms with Crippen molar-refractivity contribution in [3.63, 3.8) is 0 Å². The molecule has 0 radical (unpaired) electrons. The van der Waals surface area contributed by atoms with E-state index >= 15 is 0 Å². The van der Waals surface area contributed by atoms with Crippen molar-refractivity contribution in [3.05, 3.63) is 46.5 Å². The first-order valence-corrected chi connectivity index (χ1v) is 10.8. The second kappa shape index (κ2) is 9.34. The van der Waals surface area contributed by atoms with E-state index in [9.17, 15) is 9.59 Å². The van der Waals surface area contributed by atoms with Gasteiger partial charge in [0.05, 0.1) is 6.54 Å². The molecule has 0 fully saturated rings. The van der Waals surface area contributed by atoms with E-state index < -0.39 is 0 Å². The van der Waals surface area contributed by atoms with Gasteiger partial charge in [-0.25, -0.2) is 0 Å². The summed E-state index contributed by atoms with van der Waals surface area (Å²) in [5, 5.41) is 0. The summed E-state index contributed by atoms with van der Waals surface area (Å²) in [5.41, 5.74) is 4.10. The second-order valence-electron chi connectivity index (χ2n) is 8.06. The summed E-state index contributed by atoms with van der Waals surface area (Å²) in [5.74, 6) is 0.144. The lowest BCUT2D eigenvalue weighted by molar-refractivity contribution is -0.138. The van der Waals surface area contributed by atoms with Crippen LogP contribution in [-0.4, -0.2) is 16.7 Å². The minimum atomic E-state index is -0.0244. The van der Waals surface area contributed by atoms with Gasteiger partial charge in [0, 0.05) is 11.1 Å². The van der Waals surface area contributed by atoms with Gasteiger partial charge in [0.2, 0.25) is 0 Å². The smallest absolute Gasteiger partial charge is 0.257 e. The molecule has 27 heavy (non-hydrogen) atoms. The number of rotatable bonds is 9. The molecule has 146 valence electrons. The van der Waals surface area contributed by atoms with Crippen LogP contribution in [0.15, 0.2) is 35.4 Å². The molecule has 1 unspecified atom stereocenters. The number of unbranched alkanes of at least 4 members (excludes halogenated alkanes) is 5. The molecule has 3 nitrogen and oxygen atoms in total. The molecule has 0 aliphatic carbocycles. The van der Waals surface area contributed by atoms with Crippen LogP contribution in [0.25, 0.3) is 0 Å². The molecule has 3 heteroatoms. The van der Waals surface area contributed by atoms with Gasteiger partial charge in [-0.05, 0) is 42.7 Å². The summed E-state index contributed by atoms with van der Waals surface area (Å²) in [6.45, 7) is 4.83. The molecular formula is C24H33NO2. The van der Waals surface area contributed by atoms with Crippen molar-refractivity contribution in [3.8, 4) is 0 Å². The van der Waals surface area contributed by atoms with Crippen molar-refractivity contribution < 1.29 is 9.59 Å². The fourth-order valence-electron chi connectivity index (χ4n) is 4.52. The zero-order valence-corrected chi connectivity index (χ0v) is 16.9. The maximum absolute atomic E-state index is 13.2. The summed E-state index contributed by atoms with van der Waals surface area (Å²) < 4.78 is 0. The van der Waals surface area contributed by atoms with Crippen LogP contribution in [0.3, 0.4) is 0 Å². The highest BCUT2D eigenvalue weighted by molar-refractivity contribution is 6.19. The Balaban J connectivity index is 1.92. The van der Waals surface area contributed by atoms with Crippen molar-refractivity contribution in [1.82, 2.24) is 4.90 Å². The van der Waals surface area contributed by atoms with Crippen molar-refractivity contribution in [1.29, 1.82) is 0 Å². The van der Waals surface area contributed by atoms with Crippen LogP contribution in [0.5, 0.6) is 0 Å². The average molecular weight is 368 g/mol. The molecule has 0 N–H and O–H groups in total. The van der Waals surface area contributed by atoms with E-state index in [4.69, 9.17) is 0 Å². The Bertz CT molecular complexity index is 719. The lowest BCUT2D eigenvalue weighted by Gasteiger charge is -2.25. The highest BCUT2D eigenvalue weighted by atomic mass is 16.2. The molecule has 2 bridgehead atoms. The van der Waals surface area contributed by atoms with Gasteiger partial charge in [0.1, 0.15) is 0 Å². The first-order valence-electron chi connectivity index (χ1n) is 10.8. The van der Waals surface area contributed by atoms with Crippen molar-refractivity contribution in [2.75, 3.05) is 0 Å². The van der Waals surface area contributed by atoms with E-state index in [2.05, 4.69) is 32.0 Å². The summed E-state index contributed by atoms with van der Waals surface area (Å²) in [7, 11) is 0. The Morgan fingerprint density at radius 3 is 2.33 bits per heavy atom. The average Bonchev–Trinajstić information content (AvgIpc) is 2.91. The highest BCUT2D eigenvalue weighted by Crippen LogP contribution is 2.38. The number of fused-ring (bicyclic) bond motifs is 3. The van der Waals surface area contributed by atoms with Crippen molar-refractivity contribution in [2.24, 2.45) is 5.92 Å². The third kappa shape index (κ3) is 4.34. The van der Waals surface area contributed by atoms with E-state index in [-0.39, 0.29) is 17.7 Å². The standard InChI is InChI=1S/C24H33NO2/c1-3-5-7-9-15-21-22-19(13-8-6-4-2)16-18-12-10-11-14-20(18)17-25(23(21)26)24(22)27/h10-12,14,19H,3-9,13,15-17H2,1-2H3. The van der Waals surface area contributed by atoms with Gasteiger partial charge in [-0.3, -0.25) is 14.5 Å². The SMILES string of the molecule is CCCCCCC1=C2C(=O)N(Cc3ccccc3CC2CCCCC)C1=O. The maximum atomic E-state index is 13.2. The lowest BCUT2D eigenvalue weighted by atomic mass is 9.82. The summed E-state index contributed by atoms with van der Waals surface area (Å²) >= 11 is 0. The molecule has 1 aromatic carbocycles. The van der Waals surface area contributed by atoms with Crippen LogP contribution in [-0.2, 0) is 22.6 Å². The highest BCUT2D eigenvalue weighted by Gasteiger charge is 2.42. The van der Waals surface area contributed by atoms with Crippen LogP contribution in [0.2, 0.25) is 0 Å². The predicted molar refractivity (Wildman–Crippen MR) is 109 cm³/mol. The van der Waals surface area contributed by atoms with Crippen LogP contribution in [0, 0.1) is 5.92 Å². The number of hydrogen-bond acceptors (Lipinski definition) is 2. The van der Waals surface area contributed by atoms with Crippen molar-refractivity contribution in [2.45, 2.75) is 84.6 Å². The Morgan fingerprint density at radius 2 is 1.59 bits per heavy atom. The molecule has 2 heterocycles. The Morgan fingerprint density at radius 1 is 0.889 bits per heavy atom.